The minimum atomic E-state index is -0.0118. The summed E-state index contributed by atoms with van der Waals surface area (Å²) in [4.78, 5) is 6.39. The first-order chi connectivity index (χ1) is 7.70. The highest BCUT2D eigenvalue weighted by molar-refractivity contribution is 5.48. The number of anilines is 1. The third-order valence-corrected chi connectivity index (χ3v) is 2.90. The average Bonchev–Trinajstić information content (AvgIpc) is 2.32. The summed E-state index contributed by atoms with van der Waals surface area (Å²) >= 11 is 0. The number of morpholine rings is 1. The highest BCUT2D eigenvalue weighted by Crippen LogP contribution is 2.21. The van der Waals surface area contributed by atoms with Crippen LogP contribution in [0.4, 0.5) is 5.69 Å². The maximum atomic E-state index is 9.07. The molecule has 2 atom stereocenters. The zero-order valence-electron chi connectivity index (χ0n) is 9.76. The Hall–Kier alpha value is -1.13. The van der Waals surface area contributed by atoms with Crippen LogP contribution in [-0.2, 0) is 11.3 Å². The van der Waals surface area contributed by atoms with Crippen molar-refractivity contribution < 1.29 is 9.84 Å². The Morgan fingerprint density at radius 3 is 3.12 bits per heavy atom. The zero-order chi connectivity index (χ0) is 11.5. The Kier molecular flexibility index (Phi) is 3.41. The van der Waals surface area contributed by atoms with Crippen LogP contribution in [0.3, 0.4) is 0 Å². The molecule has 4 nitrogen and oxygen atoms in total. The third-order valence-electron chi connectivity index (χ3n) is 2.90. The van der Waals surface area contributed by atoms with E-state index < -0.39 is 0 Å². The molecule has 0 aliphatic carbocycles. The number of aliphatic hydroxyl groups excluding tert-OH is 1. The summed E-state index contributed by atoms with van der Waals surface area (Å²) in [7, 11) is 0. The molecular weight excluding hydrogens is 204 g/mol. The summed E-state index contributed by atoms with van der Waals surface area (Å²) in [6.45, 7) is 5.84. The van der Waals surface area contributed by atoms with Gasteiger partial charge in [0.2, 0.25) is 0 Å². The van der Waals surface area contributed by atoms with Crippen molar-refractivity contribution in [3.63, 3.8) is 0 Å². The highest BCUT2D eigenvalue weighted by atomic mass is 16.5. The molecule has 1 aliphatic heterocycles. The van der Waals surface area contributed by atoms with E-state index in [1.165, 1.54) is 0 Å². The average molecular weight is 222 g/mol. The molecule has 1 fully saturated rings. The van der Waals surface area contributed by atoms with E-state index in [9.17, 15) is 0 Å². The third kappa shape index (κ3) is 2.33. The molecular formula is C12H18N2O2. The lowest BCUT2D eigenvalue weighted by Crippen LogP contribution is -2.47. The van der Waals surface area contributed by atoms with Crippen molar-refractivity contribution in [1.82, 2.24) is 4.98 Å². The predicted octanol–water partition coefficient (Wildman–Crippen LogP) is 1.19. The summed E-state index contributed by atoms with van der Waals surface area (Å²) in [6, 6.07) is 4.28. The van der Waals surface area contributed by atoms with Crippen LogP contribution in [0, 0.1) is 0 Å². The van der Waals surface area contributed by atoms with Crippen LogP contribution in [0.25, 0.3) is 0 Å². The lowest BCUT2D eigenvalue weighted by atomic mass is 10.1. The molecule has 1 aromatic rings. The van der Waals surface area contributed by atoms with E-state index in [4.69, 9.17) is 9.84 Å². The van der Waals surface area contributed by atoms with Crippen LogP contribution < -0.4 is 4.90 Å². The van der Waals surface area contributed by atoms with Crippen molar-refractivity contribution >= 4 is 5.69 Å². The van der Waals surface area contributed by atoms with Crippen LogP contribution in [0.2, 0.25) is 0 Å². The fraction of sp³-hybridized carbons (Fsp3) is 0.583. The van der Waals surface area contributed by atoms with Gasteiger partial charge in [-0.2, -0.15) is 0 Å². The quantitative estimate of drug-likeness (QED) is 0.816. The Bertz CT molecular complexity index is 357. The summed E-state index contributed by atoms with van der Waals surface area (Å²) < 4.78 is 5.59. The number of hydrogen-bond acceptors (Lipinski definition) is 4. The monoisotopic (exact) mass is 222 g/mol. The van der Waals surface area contributed by atoms with E-state index >= 15 is 0 Å². The number of ether oxygens (including phenoxy) is 1. The van der Waals surface area contributed by atoms with Crippen LogP contribution >= 0.6 is 0 Å². The van der Waals surface area contributed by atoms with Gasteiger partial charge in [-0.15, -0.1) is 0 Å². The molecule has 1 N–H and O–H groups in total. The molecule has 1 aliphatic rings. The lowest BCUT2D eigenvalue weighted by molar-refractivity contribution is 0.0343. The van der Waals surface area contributed by atoms with Crippen molar-refractivity contribution in [2.45, 2.75) is 32.6 Å². The second-order valence-corrected chi connectivity index (χ2v) is 4.31. The molecule has 1 aromatic heterocycles. The second kappa shape index (κ2) is 4.80. The first-order valence-corrected chi connectivity index (χ1v) is 5.64. The van der Waals surface area contributed by atoms with Crippen molar-refractivity contribution in [1.29, 1.82) is 0 Å². The van der Waals surface area contributed by atoms with Gasteiger partial charge < -0.3 is 14.7 Å². The first-order valence-electron chi connectivity index (χ1n) is 5.64. The van der Waals surface area contributed by atoms with Crippen LogP contribution in [-0.4, -0.2) is 35.4 Å². The van der Waals surface area contributed by atoms with E-state index in [1.807, 2.05) is 12.1 Å². The fourth-order valence-electron chi connectivity index (χ4n) is 1.99. The first kappa shape index (κ1) is 11.4. The predicted molar refractivity (Wildman–Crippen MR) is 62.4 cm³/mol. The number of nitrogens with zero attached hydrogens (tertiary/aromatic N) is 2. The Labute approximate surface area is 95.9 Å². The molecule has 2 heterocycles. The molecule has 2 unspecified atom stereocenters. The van der Waals surface area contributed by atoms with Crippen LogP contribution in [0.15, 0.2) is 18.3 Å². The van der Waals surface area contributed by atoms with Crippen molar-refractivity contribution in [2.75, 3.05) is 18.1 Å². The second-order valence-electron chi connectivity index (χ2n) is 4.31. The van der Waals surface area contributed by atoms with Gasteiger partial charge in [0.05, 0.1) is 25.0 Å². The molecule has 4 heteroatoms. The molecule has 16 heavy (non-hydrogen) atoms. The maximum absolute atomic E-state index is 9.07. The fourth-order valence-corrected chi connectivity index (χ4v) is 1.99. The minimum Gasteiger partial charge on any atom is -0.390 e. The summed E-state index contributed by atoms with van der Waals surface area (Å²) in [5.41, 5.74) is 1.82. The van der Waals surface area contributed by atoms with Gasteiger partial charge in [-0.3, -0.25) is 4.98 Å². The van der Waals surface area contributed by atoms with E-state index in [0.717, 1.165) is 18.8 Å². The molecule has 88 valence electrons. The largest absolute Gasteiger partial charge is 0.390 e. The lowest BCUT2D eigenvalue weighted by Gasteiger charge is -2.38. The Morgan fingerprint density at radius 2 is 2.38 bits per heavy atom. The van der Waals surface area contributed by atoms with Gasteiger partial charge in [0.25, 0.3) is 0 Å². The van der Waals surface area contributed by atoms with Gasteiger partial charge in [0, 0.05) is 24.5 Å². The summed E-state index contributed by atoms with van der Waals surface area (Å²) in [5, 5.41) is 9.07. The van der Waals surface area contributed by atoms with Gasteiger partial charge in [-0.1, -0.05) is 0 Å². The van der Waals surface area contributed by atoms with Gasteiger partial charge in [0.15, 0.2) is 0 Å². The Balaban J connectivity index is 2.20. The number of aliphatic hydroxyl groups is 1. The number of aromatic nitrogens is 1. The van der Waals surface area contributed by atoms with Gasteiger partial charge >= 0.3 is 0 Å². The van der Waals surface area contributed by atoms with Crippen molar-refractivity contribution in [3.05, 3.63) is 24.0 Å². The molecule has 0 saturated carbocycles. The SMILES string of the molecule is CC1CN(c2ccnc(CO)c2)C(C)CO1. The smallest absolute Gasteiger partial charge is 0.0853 e. The standard InChI is InChI=1S/C12H18N2O2/c1-9-8-16-10(2)6-14(9)12-3-4-13-11(5-12)7-15/h3-5,9-10,15H,6-8H2,1-2H3. The molecule has 2 rings (SSSR count). The molecule has 0 amide bonds. The van der Waals surface area contributed by atoms with Crippen molar-refractivity contribution in [2.24, 2.45) is 0 Å². The summed E-state index contributed by atoms with van der Waals surface area (Å²) in [6.07, 6.45) is 2.00. The van der Waals surface area contributed by atoms with E-state index in [-0.39, 0.29) is 12.7 Å². The van der Waals surface area contributed by atoms with Gasteiger partial charge in [-0.25, -0.2) is 0 Å². The zero-order valence-corrected chi connectivity index (χ0v) is 9.76. The normalized spacial score (nSPS) is 25.8. The maximum Gasteiger partial charge on any atom is 0.0853 e. The topological polar surface area (TPSA) is 45.6 Å². The molecule has 0 aromatic carbocycles. The number of hydrogen-bond donors (Lipinski definition) is 1. The molecule has 0 bridgehead atoms. The van der Waals surface area contributed by atoms with Crippen molar-refractivity contribution in [3.8, 4) is 0 Å². The van der Waals surface area contributed by atoms with Crippen LogP contribution in [0.1, 0.15) is 19.5 Å². The van der Waals surface area contributed by atoms with E-state index in [1.54, 1.807) is 6.20 Å². The van der Waals surface area contributed by atoms with E-state index in [0.29, 0.717) is 11.7 Å². The van der Waals surface area contributed by atoms with Gasteiger partial charge in [0.1, 0.15) is 0 Å². The number of rotatable bonds is 2. The highest BCUT2D eigenvalue weighted by Gasteiger charge is 2.23. The number of pyridine rings is 1. The van der Waals surface area contributed by atoms with Crippen LogP contribution in [0.5, 0.6) is 0 Å². The molecule has 0 spiro atoms. The molecule has 0 radical (unpaired) electrons. The minimum absolute atomic E-state index is 0.0118. The van der Waals surface area contributed by atoms with E-state index in [2.05, 4.69) is 23.7 Å². The Morgan fingerprint density at radius 1 is 1.56 bits per heavy atom. The molecule has 1 saturated heterocycles. The van der Waals surface area contributed by atoms with Gasteiger partial charge in [-0.05, 0) is 26.0 Å². The summed E-state index contributed by atoms with van der Waals surface area (Å²) in [5.74, 6) is 0.